The molecule has 26 heavy (non-hydrogen) atoms. The molecule has 1 unspecified atom stereocenters. The fourth-order valence-electron chi connectivity index (χ4n) is 2.90. The van der Waals surface area contributed by atoms with Crippen LogP contribution in [0.2, 0.25) is 0 Å². The first-order valence-electron chi connectivity index (χ1n) is 8.08. The molecule has 1 aliphatic rings. The zero-order valence-corrected chi connectivity index (χ0v) is 14.7. The topological polar surface area (TPSA) is 88.4 Å². The molecular formula is C20H18N2O4. The van der Waals surface area contributed by atoms with Crippen molar-refractivity contribution in [3.05, 3.63) is 53.6 Å². The molecule has 1 heterocycles. The van der Waals surface area contributed by atoms with Crippen LogP contribution in [0, 0.1) is 11.3 Å². The average Bonchev–Trinajstić information content (AvgIpc) is 2.62. The van der Waals surface area contributed by atoms with E-state index in [2.05, 4.69) is 5.32 Å². The molecule has 0 radical (unpaired) electrons. The van der Waals surface area contributed by atoms with E-state index in [0.717, 1.165) is 0 Å². The number of methoxy groups -OCH3 is 1. The monoisotopic (exact) mass is 350 g/mol. The predicted octanol–water partition coefficient (Wildman–Crippen LogP) is 3.03. The molecule has 132 valence electrons. The Bertz CT molecular complexity index is 910. The number of ketones is 1. The minimum atomic E-state index is -1.14. The molecule has 6 nitrogen and oxygen atoms in total. The number of ether oxygens (including phenoxy) is 2. The maximum absolute atomic E-state index is 12.9. The summed E-state index contributed by atoms with van der Waals surface area (Å²) in [5.74, 6) is -0.776. The highest BCUT2D eigenvalue weighted by atomic mass is 16.5. The molecule has 0 fully saturated rings. The smallest absolute Gasteiger partial charge is 0.239 e. The number of carbonyl (C=O) groups excluding carboxylic acids is 2. The van der Waals surface area contributed by atoms with Gasteiger partial charge in [-0.1, -0.05) is 0 Å². The Kier molecular flexibility index (Phi) is 4.39. The first-order chi connectivity index (χ1) is 12.4. The van der Waals surface area contributed by atoms with E-state index in [1.807, 2.05) is 6.07 Å². The number of hydrogen-bond donors (Lipinski definition) is 1. The van der Waals surface area contributed by atoms with Gasteiger partial charge >= 0.3 is 0 Å². The van der Waals surface area contributed by atoms with Crippen LogP contribution in [-0.4, -0.2) is 24.4 Å². The fourth-order valence-corrected chi connectivity index (χ4v) is 2.90. The van der Waals surface area contributed by atoms with E-state index in [-0.39, 0.29) is 5.78 Å². The van der Waals surface area contributed by atoms with Crippen molar-refractivity contribution in [3.8, 4) is 17.6 Å². The third kappa shape index (κ3) is 3.11. The van der Waals surface area contributed by atoms with E-state index < -0.39 is 17.4 Å². The van der Waals surface area contributed by atoms with Gasteiger partial charge in [0.15, 0.2) is 11.4 Å². The van der Waals surface area contributed by atoms with Gasteiger partial charge in [0.25, 0.3) is 0 Å². The number of benzene rings is 2. The van der Waals surface area contributed by atoms with E-state index in [9.17, 15) is 9.59 Å². The molecule has 0 saturated heterocycles. The molecule has 2 aromatic rings. The van der Waals surface area contributed by atoms with Crippen molar-refractivity contribution in [1.82, 2.24) is 0 Å². The zero-order valence-electron chi connectivity index (χ0n) is 14.7. The number of nitrogens with zero attached hydrogens (tertiary/aromatic N) is 1. The summed E-state index contributed by atoms with van der Waals surface area (Å²) in [4.78, 5) is 25.7. The quantitative estimate of drug-likeness (QED) is 0.860. The molecule has 0 bridgehead atoms. The van der Waals surface area contributed by atoms with Crippen molar-refractivity contribution in [2.75, 3.05) is 12.4 Å². The van der Waals surface area contributed by atoms with Gasteiger partial charge in [-0.2, -0.15) is 5.26 Å². The summed E-state index contributed by atoms with van der Waals surface area (Å²) in [5.41, 5.74) is 0.177. The number of rotatable bonds is 3. The second-order valence-corrected chi connectivity index (χ2v) is 6.49. The van der Waals surface area contributed by atoms with Crippen molar-refractivity contribution in [3.63, 3.8) is 0 Å². The van der Waals surface area contributed by atoms with Crippen molar-refractivity contribution in [1.29, 1.82) is 5.26 Å². The molecule has 1 atom stereocenters. The van der Waals surface area contributed by atoms with E-state index in [1.54, 1.807) is 57.4 Å². The molecular weight excluding hydrogens is 332 g/mol. The lowest BCUT2D eigenvalue weighted by Crippen LogP contribution is -2.48. The highest BCUT2D eigenvalue weighted by Gasteiger charge is 2.46. The molecule has 2 aromatic carbocycles. The molecule has 0 saturated carbocycles. The molecule has 0 aliphatic carbocycles. The van der Waals surface area contributed by atoms with E-state index >= 15 is 0 Å². The van der Waals surface area contributed by atoms with Crippen LogP contribution in [0.4, 0.5) is 5.69 Å². The summed E-state index contributed by atoms with van der Waals surface area (Å²) in [6, 6.07) is 13.6. The van der Waals surface area contributed by atoms with Crippen LogP contribution < -0.4 is 14.8 Å². The van der Waals surface area contributed by atoms with Crippen LogP contribution in [0.3, 0.4) is 0 Å². The minimum Gasteiger partial charge on any atom is -0.497 e. The Hall–Kier alpha value is -3.33. The lowest BCUT2D eigenvalue weighted by Gasteiger charge is -2.35. The Morgan fingerprint density at radius 3 is 2.54 bits per heavy atom. The standard InChI is InChI=1S/C20H18N2O4/c1-20(2)18(23)17(15-10-12(11-21)4-9-16(15)26-20)19(24)22-13-5-7-14(25-3)8-6-13/h4-10,17H,1-3H3,(H,22,24). The van der Waals surface area contributed by atoms with Gasteiger partial charge in [-0.25, -0.2) is 0 Å². The normalized spacial score (nSPS) is 17.5. The van der Waals surface area contributed by atoms with Crippen LogP contribution in [0.1, 0.15) is 30.9 Å². The van der Waals surface area contributed by atoms with Gasteiger partial charge in [0.05, 0.1) is 18.7 Å². The average molecular weight is 350 g/mol. The van der Waals surface area contributed by atoms with Crippen LogP contribution >= 0.6 is 0 Å². The highest BCUT2D eigenvalue weighted by Crippen LogP contribution is 2.39. The number of amides is 1. The van der Waals surface area contributed by atoms with E-state index in [1.165, 1.54) is 6.07 Å². The van der Waals surface area contributed by atoms with Gasteiger partial charge in [-0.15, -0.1) is 0 Å². The van der Waals surface area contributed by atoms with Gasteiger partial charge in [-0.3, -0.25) is 9.59 Å². The number of hydrogen-bond acceptors (Lipinski definition) is 5. The summed E-state index contributed by atoms with van der Waals surface area (Å²) in [5, 5.41) is 11.9. The highest BCUT2D eigenvalue weighted by molar-refractivity contribution is 6.15. The number of nitriles is 1. The number of fused-ring (bicyclic) bond motifs is 1. The van der Waals surface area contributed by atoms with Gasteiger partial charge in [0, 0.05) is 11.3 Å². The second-order valence-electron chi connectivity index (χ2n) is 6.49. The first kappa shape index (κ1) is 17.5. The Morgan fingerprint density at radius 1 is 1.23 bits per heavy atom. The summed E-state index contributed by atoms with van der Waals surface area (Å²) in [6.45, 7) is 3.26. The number of carbonyl (C=O) groups is 2. The number of anilines is 1. The van der Waals surface area contributed by atoms with Crippen molar-refractivity contribution < 1.29 is 19.1 Å². The molecule has 0 aromatic heterocycles. The van der Waals surface area contributed by atoms with E-state index in [4.69, 9.17) is 14.7 Å². The van der Waals surface area contributed by atoms with Crippen molar-refractivity contribution >= 4 is 17.4 Å². The van der Waals surface area contributed by atoms with Crippen LogP contribution in [0.15, 0.2) is 42.5 Å². The third-order valence-electron chi connectivity index (χ3n) is 4.29. The van der Waals surface area contributed by atoms with Gasteiger partial charge in [-0.05, 0) is 56.3 Å². The van der Waals surface area contributed by atoms with Crippen molar-refractivity contribution in [2.24, 2.45) is 0 Å². The molecule has 6 heteroatoms. The molecule has 3 rings (SSSR count). The second kappa shape index (κ2) is 6.52. The summed E-state index contributed by atoms with van der Waals surface area (Å²) in [7, 11) is 1.56. The largest absolute Gasteiger partial charge is 0.497 e. The third-order valence-corrected chi connectivity index (χ3v) is 4.29. The predicted molar refractivity (Wildman–Crippen MR) is 95.2 cm³/mol. The van der Waals surface area contributed by atoms with E-state index in [0.29, 0.717) is 28.3 Å². The van der Waals surface area contributed by atoms with Gasteiger partial charge in [0.2, 0.25) is 5.91 Å². The lowest BCUT2D eigenvalue weighted by molar-refractivity contribution is -0.139. The van der Waals surface area contributed by atoms with Gasteiger partial charge in [0.1, 0.15) is 17.4 Å². The van der Waals surface area contributed by atoms with Gasteiger partial charge < -0.3 is 14.8 Å². The van der Waals surface area contributed by atoms with Crippen LogP contribution in [0.25, 0.3) is 0 Å². The summed E-state index contributed by atoms with van der Waals surface area (Å²) < 4.78 is 10.8. The zero-order chi connectivity index (χ0) is 18.9. The Morgan fingerprint density at radius 2 is 1.92 bits per heavy atom. The summed E-state index contributed by atoms with van der Waals surface area (Å²) >= 11 is 0. The summed E-state index contributed by atoms with van der Waals surface area (Å²) in [6.07, 6.45) is 0. The fraction of sp³-hybridized carbons (Fsp3) is 0.250. The van der Waals surface area contributed by atoms with Crippen molar-refractivity contribution in [2.45, 2.75) is 25.4 Å². The van der Waals surface area contributed by atoms with Crippen LogP contribution in [0.5, 0.6) is 11.5 Å². The SMILES string of the molecule is COc1ccc(NC(=O)C2C(=O)C(C)(C)Oc3ccc(C#N)cc32)cc1. The molecule has 1 N–H and O–H groups in total. The number of Topliss-reactive ketones (excluding diaryl/α,β-unsaturated/α-hetero) is 1. The Balaban J connectivity index is 1.97. The lowest BCUT2D eigenvalue weighted by atomic mass is 9.82. The minimum absolute atomic E-state index is 0.355. The molecule has 1 aliphatic heterocycles. The molecule has 0 spiro atoms. The first-order valence-corrected chi connectivity index (χ1v) is 8.08. The maximum atomic E-state index is 12.9. The maximum Gasteiger partial charge on any atom is 0.239 e. The Labute approximate surface area is 151 Å². The molecule has 1 amide bonds. The van der Waals surface area contributed by atoms with Crippen LogP contribution in [-0.2, 0) is 9.59 Å². The number of nitrogens with one attached hydrogen (secondary N) is 1.